The third-order valence-corrected chi connectivity index (χ3v) is 5.11. The van der Waals surface area contributed by atoms with Crippen molar-refractivity contribution in [2.45, 2.75) is 12.8 Å². The van der Waals surface area contributed by atoms with E-state index in [1.54, 1.807) is 36.4 Å². The van der Waals surface area contributed by atoms with Gasteiger partial charge in [-0.25, -0.2) is 0 Å². The predicted octanol–water partition coefficient (Wildman–Crippen LogP) is 3.99. The normalized spacial score (nSPS) is 20.4. The van der Waals surface area contributed by atoms with E-state index in [2.05, 4.69) is 0 Å². The lowest BCUT2D eigenvalue weighted by atomic mass is 9.82. The molecule has 0 saturated carbocycles. The summed E-state index contributed by atoms with van der Waals surface area (Å²) in [5.74, 6) is -0.0648. The first-order valence-electron chi connectivity index (χ1n) is 7.23. The van der Waals surface area contributed by atoms with Crippen LogP contribution in [0.3, 0.4) is 0 Å². The Morgan fingerprint density at radius 3 is 2.61 bits per heavy atom. The number of hydrogen-bond acceptors (Lipinski definition) is 5. The summed E-state index contributed by atoms with van der Waals surface area (Å²) < 4.78 is 11.4. The van der Waals surface area contributed by atoms with Crippen molar-refractivity contribution in [1.29, 1.82) is 0 Å². The van der Waals surface area contributed by atoms with Gasteiger partial charge in [-0.2, -0.15) is 0 Å². The van der Waals surface area contributed by atoms with Crippen molar-refractivity contribution in [3.63, 3.8) is 0 Å². The minimum atomic E-state index is -0.927. The van der Waals surface area contributed by atoms with Crippen LogP contribution in [0.15, 0.2) is 42.5 Å². The zero-order valence-corrected chi connectivity index (χ0v) is 13.9. The van der Waals surface area contributed by atoms with Gasteiger partial charge in [-0.1, -0.05) is 29.8 Å². The quantitative estimate of drug-likeness (QED) is 0.465. The Morgan fingerprint density at radius 2 is 2.00 bits per heavy atom. The molecule has 0 radical (unpaired) electrons. The molecule has 1 aliphatic heterocycles. The van der Waals surface area contributed by atoms with Crippen molar-refractivity contribution in [3.05, 3.63) is 51.7 Å². The maximum atomic E-state index is 12.6. The molecule has 0 bridgehead atoms. The number of ketones is 1. The van der Waals surface area contributed by atoms with Crippen LogP contribution in [-0.4, -0.2) is 25.0 Å². The molecular formula is C17H15ClO4S. The van der Waals surface area contributed by atoms with Crippen LogP contribution in [0.2, 0.25) is 4.34 Å². The van der Waals surface area contributed by atoms with Crippen molar-refractivity contribution in [3.8, 4) is 5.75 Å². The van der Waals surface area contributed by atoms with Crippen LogP contribution in [0.5, 0.6) is 5.75 Å². The number of carbonyl (C=O) groups excluding carboxylic acids is 2. The first kappa shape index (κ1) is 16.2. The van der Waals surface area contributed by atoms with Gasteiger partial charge in [0.05, 0.1) is 15.8 Å². The highest BCUT2D eigenvalue weighted by molar-refractivity contribution is 7.18. The summed E-state index contributed by atoms with van der Waals surface area (Å²) in [6.07, 6.45) is 0.541. The third-order valence-electron chi connectivity index (χ3n) is 3.84. The van der Waals surface area contributed by atoms with Gasteiger partial charge in [0.15, 0.2) is 5.78 Å². The van der Waals surface area contributed by atoms with E-state index in [1.807, 2.05) is 6.07 Å². The summed E-state index contributed by atoms with van der Waals surface area (Å²) in [5, 5.41) is 0. The largest absolute Gasteiger partial charge is 0.426 e. The van der Waals surface area contributed by atoms with Gasteiger partial charge in [0, 0.05) is 13.0 Å². The van der Waals surface area contributed by atoms with Crippen LogP contribution in [-0.2, 0) is 9.53 Å². The number of benzene rings is 1. The van der Waals surface area contributed by atoms with E-state index in [1.165, 1.54) is 11.3 Å². The van der Waals surface area contributed by atoms with Crippen LogP contribution in [0, 0.1) is 5.41 Å². The number of esters is 1. The molecule has 1 aromatic carbocycles. The molecule has 120 valence electrons. The first-order valence-corrected chi connectivity index (χ1v) is 8.42. The van der Waals surface area contributed by atoms with E-state index in [0.717, 1.165) is 0 Å². The van der Waals surface area contributed by atoms with E-state index in [-0.39, 0.29) is 18.8 Å². The number of thiophene rings is 1. The second-order valence-corrected chi connectivity index (χ2v) is 7.20. The molecule has 1 aromatic heterocycles. The van der Waals surface area contributed by atoms with Gasteiger partial charge < -0.3 is 9.47 Å². The van der Waals surface area contributed by atoms with Gasteiger partial charge in [-0.3, -0.25) is 9.59 Å². The monoisotopic (exact) mass is 350 g/mol. The topological polar surface area (TPSA) is 52.6 Å². The van der Waals surface area contributed by atoms with Crippen molar-refractivity contribution in [2.24, 2.45) is 5.41 Å². The summed E-state index contributed by atoms with van der Waals surface area (Å²) in [7, 11) is 0. The summed E-state index contributed by atoms with van der Waals surface area (Å²) in [6.45, 7) is 0.645. The molecule has 23 heavy (non-hydrogen) atoms. The molecule has 1 fully saturated rings. The Labute approximate surface area is 143 Å². The highest BCUT2D eigenvalue weighted by atomic mass is 35.5. The predicted molar refractivity (Wildman–Crippen MR) is 88.2 cm³/mol. The molecule has 1 saturated heterocycles. The molecular weight excluding hydrogens is 336 g/mol. The van der Waals surface area contributed by atoms with Crippen molar-refractivity contribution in [2.75, 3.05) is 13.2 Å². The fraction of sp³-hybridized carbons (Fsp3) is 0.294. The highest BCUT2D eigenvalue weighted by Gasteiger charge is 2.46. The number of rotatable bonds is 5. The number of ether oxygens (including phenoxy) is 2. The van der Waals surface area contributed by atoms with Crippen molar-refractivity contribution in [1.82, 2.24) is 0 Å². The summed E-state index contributed by atoms with van der Waals surface area (Å²) >= 11 is 7.09. The van der Waals surface area contributed by atoms with Gasteiger partial charge in [0.1, 0.15) is 11.2 Å². The van der Waals surface area contributed by atoms with E-state index < -0.39 is 11.4 Å². The Morgan fingerprint density at radius 1 is 1.22 bits per heavy atom. The number of halogens is 1. The average molecular weight is 351 g/mol. The fourth-order valence-electron chi connectivity index (χ4n) is 2.54. The van der Waals surface area contributed by atoms with Crippen LogP contribution in [0.25, 0.3) is 0 Å². The Balaban J connectivity index is 1.76. The SMILES string of the molecule is O=C(C[C@@]1(C(=O)Oc2ccccc2)CCOC1)c1ccc(Cl)s1. The van der Waals surface area contributed by atoms with Crippen LogP contribution >= 0.6 is 22.9 Å². The van der Waals surface area contributed by atoms with Crippen LogP contribution < -0.4 is 4.74 Å². The van der Waals surface area contributed by atoms with Crippen LogP contribution in [0.4, 0.5) is 0 Å². The number of Topliss-reactive ketones (excluding diaryl/α,β-unsaturated/α-hetero) is 1. The maximum Gasteiger partial charge on any atom is 0.320 e. The molecule has 0 N–H and O–H groups in total. The molecule has 1 aliphatic rings. The molecule has 6 heteroatoms. The zero-order valence-electron chi connectivity index (χ0n) is 12.3. The molecule has 2 heterocycles. The number of carbonyl (C=O) groups is 2. The number of para-hydroxylation sites is 1. The first-order chi connectivity index (χ1) is 11.1. The molecule has 1 atom stereocenters. The summed E-state index contributed by atoms with van der Waals surface area (Å²) in [5.41, 5.74) is -0.927. The minimum Gasteiger partial charge on any atom is -0.426 e. The summed E-state index contributed by atoms with van der Waals surface area (Å²) in [6, 6.07) is 12.2. The van der Waals surface area contributed by atoms with Gasteiger partial charge in [-0.05, 0) is 30.7 Å². The molecule has 3 rings (SSSR count). The lowest BCUT2D eigenvalue weighted by molar-refractivity contribution is -0.145. The second kappa shape index (κ2) is 6.83. The lowest BCUT2D eigenvalue weighted by Gasteiger charge is -2.23. The molecule has 0 amide bonds. The lowest BCUT2D eigenvalue weighted by Crippen LogP contribution is -2.37. The third kappa shape index (κ3) is 3.63. The standard InChI is InChI=1S/C17H15ClO4S/c18-15-7-6-14(23-15)13(19)10-17(8-9-21-11-17)16(20)22-12-4-2-1-3-5-12/h1-7H,8-11H2/t17-/m0/s1. The Bertz CT molecular complexity index is 704. The van der Waals surface area contributed by atoms with E-state index >= 15 is 0 Å². The van der Waals surface area contributed by atoms with Crippen molar-refractivity contribution < 1.29 is 19.1 Å². The zero-order chi connectivity index (χ0) is 16.3. The fourth-order valence-corrected chi connectivity index (χ4v) is 3.52. The van der Waals surface area contributed by atoms with Gasteiger partial charge in [0.25, 0.3) is 0 Å². The maximum absolute atomic E-state index is 12.6. The van der Waals surface area contributed by atoms with Crippen LogP contribution in [0.1, 0.15) is 22.5 Å². The molecule has 0 spiro atoms. The van der Waals surface area contributed by atoms with E-state index in [9.17, 15) is 9.59 Å². The smallest absolute Gasteiger partial charge is 0.320 e. The molecule has 0 aliphatic carbocycles. The Hall–Kier alpha value is -1.69. The molecule has 4 nitrogen and oxygen atoms in total. The Kier molecular flexibility index (Phi) is 4.80. The number of hydrogen-bond donors (Lipinski definition) is 0. The minimum absolute atomic E-state index is 0.0650. The van der Waals surface area contributed by atoms with E-state index in [4.69, 9.17) is 21.1 Å². The van der Waals surface area contributed by atoms with E-state index in [0.29, 0.717) is 28.0 Å². The molecule has 2 aromatic rings. The van der Waals surface area contributed by atoms with Gasteiger partial charge in [-0.15, -0.1) is 11.3 Å². The summed E-state index contributed by atoms with van der Waals surface area (Å²) in [4.78, 5) is 25.6. The molecule has 0 unspecified atom stereocenters. The van der Waals surface area contributed by atoms with Gasteiger partial charge in [0.2, 0.25) is 0 Å². The van der Waals surface area contributed by atoms with Gasteiger partial charge >= 0.3 is 5.97 Å². The second-order valence-electron chi connectivity index (χ2n) is 5.49. The van der Waals surface area contributed by atoms with Crippen molar-refractivity contribution >= 4 is 34.7 Å². The average Bonchev–Trinajstić information content (AvgIpc) is 3.18. The highest BCUT2D eigenvalue weighted by Crippen LogP contribution is 2.36.